The summed E-state index contributed by atoms with van der Waals surface area (Å²) in [5.41, 5.74) is 1.46. The predicted molar refractivity (Wildman–Crippen MR) is 72.3 cm³/mol. The van der Waals surface area contributed by atoms with E-state index in [1.807, 2.05) is 25.1 Å². The summed E-state index contributed by atoms with van der Waals surface area (Å²) in [5, 5.41) is 0.565. The lowest BCUT2D eigenvalue weighted by atomic mass is 10.1. The molecule has 1 heterocycles. The smallest absolute Gasteiger partial charge is 0.152 e. The molecule has 18 heavy (non-hydrogen) atoms. The molecule has 0 aliphatic rings. The van der Waals surface area contributed by atoms with E-state index in [1.54, 1.807) is 18.4 Å². The third-order valence-electron chi connectivity index (χ3n) is 2.77. The highest BCUT2D eigenvalue weighted by Gasteiger charge is 2.11. The van der Waals surface area contributed by atoms with Gasteiger partial charge in [-0.25, -0.2) is 0 Å². The average molecular weight is 264 g/mol. The number of aldehydes is 1. The van der Waals surface area contributed by atoms with Crippen molar-refractivity contribution in [3.05, 3.63) is 52.9 Å². The molecule has 3 nitrogen and oxygen atoms in total. The van der Waals surface area contributed by atoms with Crippen LogP contribution in [0.5, 0.6) is 0 Å². The molecular formula is C14H14ClNO2. The van der Waals surface area contributed by atoms with Crippen molar-refractivity contribution < 1.29 is 9.21 Å². The van der Waals surface area contributed by atoms with Crippen LogP contribution in [0.15, 0.2) is 41.0 Å². The van der Waals surface area contributed by atoms with Gasteiger partial charge in [-0.2, -0.15) is 0 Å². The fourth-order valence-corrected chi connectivity index (χ4v) is 2.05. The molecule has 0 aliphatic carbocycles. The van der Waals surface area contributed by atoms with Crippen molar-refractivity contribution in [3.63, 3.8) is 0 Å². The summed E-state index contributed by atoms with van der Waals surface area (Å²) in [7, 11) is 0. The van der Waals surface area contributed by atoms with Gasteiger partial charge in [-0.3, -0.25) is 4.79 Å². The summed E-state index contributed by atoms with van der Waals surface area (Å²) >= 11 is 5.89. The summed E-state index contributed by atoms with van der Waals surface area (Å²) in [6, 6.07) is 9.09. The van der Waals surface area contributed by atoms with Crippen molar-refractivity contribution in [3.8, 4) is 0 Å². The van der Waals surface area contributed by atoms with Gasteiger partial charge in [0.05, 0.1) is 12.8 Å². The van der Waals surface area contributed by atoms with Gasteiger partial charge < -0.3 is 9.32 Å². The second-order valence-corrected chi connectivity index (χ2v) is 4.35. The van der Waals surface area contributed by atoms with Crippen LogP contribution in [-0.4, -0.2) is 12.8 Å². The van der Waals surface area contributed by atoms with Crippen LogP contribution in [0.3, 0.4) is 0 Å². The Morgan fingerprint density at radius 3 is 2.83 bits per heavy atom. The summed E-state index contributed by atoms with van der Waals surface area (Å²) in [4.78, 5) is 13.2. The van der Waals surface area contributed by atoms with Crippen LogP contribution in [0, 0.1) is 0 Å². The number of carbonyl (C=O) groups is 1. The molecule has 0 saturated carbocycles. The Balaban J connectivity index is 2.29. The maximum atomic E-state index is 11.1. The molecule has 1 aromatic carbocycles. The van der Waals surface area contributed by atoms with Crippen LogP contribution in [0.1, 0.15) is 23.0 Å². The molecule has 0 aliphatic heterocycles. The number of rotatable bonds is 5. The Labute approximate surface area is 111 Å². The van der Waals surface area contributed by atoms with Gasteiger partial charge in [0.1, 0.15) is 5.76 Å². The molecule has 0 amide bonds. The van der Waals surface area contributed by atoms with Gasteiger partial charge in [-0.15, -0.1) is 0 Å². The second-order valence-electron chi connectivity index (χ2n) is 3.91. The van der Waals surface area contributed by atoms with E-state index < -0.39 is 0 Å². The Hall–Kier alpha value is -1.74. The van der Waals surface area contributed by atoms with E-state index in [9.17, 15) is 4.79 Å². The molecule has 2 rings (SSSR count). The van der Waals surface area contributed by atoms with E-state index in [2.05, 4.69) is 4.90 Å². The third-order valence-corrected chi connectivity index (χ3v) is 3.00. The van der Waals surface area contributed by atoms with Gasteiger partial charge >= 0.3 is 0 Å². The number of carbonyl (C=O) groups excluding carboxylic acids is 1. The number of benzene rings is 1. The normalized spacial score (nSPS) is 10.3. The summed E-state index contributed by atoms with van der Waals surface area (Å²) in [6.07, 6.45) is 2.47. The minimum Gasteiger partial charge on any atom is -0.467 e. The van der Waals surface area contributed by atoms with Crippen molar-refractivity contribution in [1.82, 2.24) is 0 Å². The van der Waals surface area contributed by atoms with Crippen LogP contribution in [-0.2, 0) is 6.54 Å². The number of hydrogen-bond donors (Lipinski definition) is 0. The van der Waals surface area contributed by atoms with Crippen LogP contribution in [0.25, 0.3) is 0 Å². The van der Waals surface area contributed by atoms with Crippen LogP contribution in [0.2, 0.25) is 5.02 Å². The third kappa shape index (κ3) is 2.74. The molecule has 2 aromatic rings. The van der Waals surface area contributed by atoms with E-state index in [0.717, 1.165) is 24.3 Å². The minimum absolute atomic E-state index is 0.565. The lowest BCUT2D eigenvalue weighted by Gasteiger charge is -2.23. The highest BCUT2D eigenvalue weighted by atomic mass is 35.5. The first kappa shape index (κ1) is 12.7. The van der Waals surface area contributed by atoms with Crippen molar-refractivity contribution >= 4 is 23.6 Å². The molecule has 0 radical (unpaired) electrons. The highest BCUT2D eigenvalue weighted by Crippen LogP contribution is 2.24. The Kier molecular flexibility index (Phi) is 4.05. The van der Waals surface area contributed by atoms with E-state index >= 15 is 0 Å². The zero-order chi connectivity index (χ0) is 13.0. The maximum Gasteiger partial charge on any atom is 0.152 e. The van der Waals surface area contributed by atoms with Crippen LogP contribution >= 0.6 is 11.6 Å². The molecular weight excluding hydrogens is 250 g/mol. The summed E-state index contributed by atoms with van der Waals surface area (Å²) in [6.45, 7) is 3.45. The molecule has 0 spiro atoms. The van der Waals surface area contributed by atoms with Crippen molar-refractivity contribution in [1.29, 1.82) is 0 Å². The fourth-order valence-electron chi connectivity index (χ4n) is 1.87. The number of halogens is 1. The Morgan fingerprint density at radius 2 is 2.22 bits per heavy atom. The Morgan fingerprint density at radius 1 is 1.39 bits per heavy atom. The van der Waals surface area contributed by atoms with Gasteiger partial charge in [0.25, 0.3) is 0 Å². The first-order chi connectivity index (χ1) is 8.74. The zero-order valence-electron chi connectivity index (χ0n) is 10.1. The maximum absolute atomic E-state index is 11.1. The largest absolute Gasteiger partial charge is 0.467 e. The van der Waals surface area contributed by atoms with Gasteiger partial charge in [0, 0.05) is 22.8 Å². The van der Waals surface area contributed by atoms with Gasteiger partial charge in [-0.1, -0.05) is 11.6 Å². The first-order valence-electron chi connectivity index (χ1n) is 5.76. The molecule has 0 atom stereocenters. The van der Waals surface area contributed by atoms with Gasteiger partial charge in [0.2, 0.25) is 0 Å². The fraction of sp³-hybridized carbons (Fsp3) is 0.214. The highest BCUT2D eigenvalue weighted by molar-refractivity contribution is 6.31. The quantitative estimate of drug-likeness (QED) is 0.770. The first-order valence-corrected chi connectivity index (χ1v) is 6.14. The SMILES string of the molecule is CCN(Cc1ccco1)c1ccc(Cl)cc1C=O. The van der Waals surface area contributed by atoms with Crippen molar-refractivity contribution in [2.45, 2.75) is 13.5 Å². The van der Waals surface area contributed by atoms with Gasteiger partial charge in [-0.05, 0) is 37.3 Å². The molecule has 0 fully saturated rings. The number of nitrogens with zero attached hydrogens (tertiary/aromatic N) is 1. The van der Waals surface area contributed by atoms with Crippen LogP contribution in [0.4, 0.5) is 5.69 Å². The summed E-state index contributed by atoms with van der Waals surface area (Å²) < 4.78 is 5.33. The average Bonchev–Trinajstić information content (AvgIpc) is 2.89. The van der Waals surface area contributed by atoms with E-state index in [4.69, 9.17) is 16.0 Å². The molecule has 1 aromatic heterocycles. The minimum atomic E-state index is 0.565. The summed E-state index contributed by atoms with van der Waals surface area (Å²) in [5.74, 6) is 0.864. The lowest BCUT2D eigenvalue weighted by Crippen LogP contribution is -2.22. The molecule has 0 unspecified atom stereocenters. The van der Waals surface area contributed by atoms with Crippen LogP contribution < -0.4 is 4.90 Å². The predicted octanol–water partition coefficient (Wildman–Crippen LogP) is 3.77. The van der Waals surface area contributed by atoms with E-state index in [0.29, 0.717) is 17.1 Å². The zero-order valence-corrected chi connectivity index (χ0v) is 10.9. The monoisotopic (exact) mass is 263 g/mol. The Bertz CT molecular complexity index is 523. The van der Waals surface area contributed by atoms with E-state index in [-0.39, 0.29) is 0 Å². The van der Waals surface area contributed by atoms with Gasteiger partial charge in [0.15, 0.2) is 6.29 Å². The number of furan rings is 1. The second kappa shape index (κ2) is 5.74. The molecule has 0 N–H and O–H groups in total. The van der Waals surface area contributed by atoms with Crippen molar-refractivity contribution in [2.75, 3.05) is 11.4 Å². The van der Waals surface area contributed by atoms with E-state index in [1.165, 1.54) is 0 Å². The number of hydrogen-bond acceptors (Lipinski definition) is 3. The molecule has 94 valence electrons. The topological polar surface area (TPSA) is 33.5 Å². The molecule has 0 bridgehead atoms. The lowest BCUT2D eigenvalue weighted by molar-refractivity contribution is 0.112. The molecule has 0 saturated heterocycles. The molecule has 4 heteroatoms. The van der Waals surface area contributed by atoms with Crippen molar-refractivity contribution in [2.24, 2.45) is 0 Å². The number of anilines is 1. The standard InChI is InChI=1S/C14H14ClNO2/c1-2-16(9-13-4-3-7-18-13)14-6-5-12(15)8-11(14)10-17/h3-8,10H,2,9H2,1H3.